The van der Waals surface area contributed by atoms with Crippen LogP contribution in [-0.4, -0.2) is 29.4 Å². The van der Waals surface area contributed by atoms with Gasteiger partial charge in [0.15, 0.2) is 0 Å². The van der Waals surface area contributed by atoms with E-state index in [1.54, 1.807) is 11.1 Å². The third-order valence-electron chi connectivity index (χ3n) is 5.68. The zero-order valence-electron chi connectivity index (χ0n) is 14.4. The molecule has 3 heteroatoms. The Hall–Kier alpha value is 0.717. The van der Waals surface area contributed by atoms with E-state index in [-0.39, 0.29) is 0 Å². The zero-order chi connectivity index (χ0) is 14.6. The van der Waals surface area contributed by atoms with Crippen molar-refractivity contribution in [2.75, 3.05) is 0 Å². The molecular weight excluding hydrogens is 309 g/mol. The summed E-state index contributed by atoms with van der Waals surface area (Å²) in [5.41, 5.74) is 3.48. The SMILES string of the molecule is CC1=C(C)[CH2][Ge]([CH3])([CH3])[C]([Si](C)(C)C)([Si](C)(C)C)C1. The van der Waals surface area contributed by atoms with Crippen LogP contribution in [0.4, 0.5) is 0 Å². The van der Waals surface area contributed by atoms with Crippen LogP contribution in [-0.2, 0) is 0 Å². The predicted molar refractivity (Wildman–Crippen MR) is 94.7 cm³/mol. The third kappa shape index (κ3) is 2.37. The van der Waals surface area contributed by atoms with Crippen molar-refractivity contribution in [1.29, 1.82) is 0 Å². The minimum absolute atomic E-state index is 0.809. The van der Waals surface area contributed by atoms with Crippen LogP contribution in [0.1, 0.15) is 20.3 Å². The van der Waals surface area contributed by atoms with E-state index in [2.05, 4.69) is 64.6 Å². The summed E-state index contributed by atoms with van der Waals surface area (Å²) < 4.78 is 0.809. The Morgan fingerprint density at radius 3 is 1.56 bits per heavy atom. The zero-order valence-corrected chi connectivity index (χ0v) is 18.5. The Morgan fingerprint density at radius 2 is 1.22 bits per heavy atom. The fourth-order valence-electron chi connectivity index (χ4n) is 5.44. The molecule has 0 bridgehead atoms. The average molecular weight is 343 g/mol. The summed E-state index contributed by atoms with van der Waals surface area (Å²) in [6.45, 7) is 20.8. The van der Waals surface area contributed by atoms with Gasteiger partial charge in [-0.1, -0.05) is 0 Å². The van der Waals surface area contributed by atoms with Crippen LogP contribution in [0.15, 0.2) is 11.1 Å². The Labute approximate surface area is 120 Å². The van der Waals surface area contributed by atoms with Gasteiger partial charge in [0, 0.05) is 0 Å². The molecule has 0 aliphatic carbocycles. The van der Waals surface area contributed by atoms with Gasteiger partial charge in [-0.25, -0.2) is 0 Å². The molecule has 106 valence electrons. The minimum atomic E-state index is -1.76. The van der Waals surface area contributed by atoms with Gasteiger partial charge in [0.05, 0.1) is 0 Å². The molecule has 0 saturated heterocycles. The number of allylic oxidation sites excluding steroid dienone is 2. The Kier molecular flexibility index (Phi) is 4.31. The second-order valence-corrected chi connectivity index (χ2v) is 32.9. The van der Waals surface area contributed by atoms with Crippen molar-refractivity contribution in [1.82, 2.24) is 0 Å². The monoisotopic (exact) mass is 344 g/mol. The van der Waals surface area contributed by atoms with Gasteiger partial charge in [0.1, 0.15) is 0 Å². The second-order valence-electron chi connectivity index (χ2n) is 9.20. The number of hydrogen-bond acceptors (Lipinski definition) is 0. The molecule has 0 aromatic heterocycles. The molecule has 0 nitrogen and oxygen atoms in total. The van der Waals surface area contributed by atoms with E-state index in [9.17, 15) is 0 Å². The summed E-state index contributed by atoms with van der Waals surface area (Å²) >= 11 is -1.76. The summed E-state index contributed by atoms with van der Waals surface area (Å²) in [6, 6.07) is 0. The Morgan fingerprint density at radius 1 is 0.833 bits per heavy atom. The van der Waals surface area contributed by atoms with Crippen LogP contribution in [0.2, 0.25) is 59.5 Å². The van der Waals surface area contributed by atoms with E-state index in [1.165, 1.54) is 11.7 Å². The summed E-state index contributed by atoms with van der Waals surface area (Å²) in [4.78, 5) is 0. The first-order chi connectivity index (χ1) is 7.76. The van der Waals surface area contributed by atoms with Crippen molar-refractivity contribution in [3.8, 4) is 0 Å². The molecule has 0 unspecified atom stereocenters. The van der Waals surface area contributed by atoms with Crippen molar-refractivity contribution in [3.05, 3.63) is 11.1 Å². The summed E-state index contributed by atoms with van der Waals surface area (Å²) in [7, 11) is -2.28. The van der Waals surface area contributed by atoms with E-state index in [4.69, 9.17) is 0 Å². The second kappa shape index (κ2) is 4.63. The molecule has 0 amide bonds. The van der Waals surface area contributed by atoms with Crippen molar-refractivity contribution >= 4 is 29.4 Å². The van der Waals surface area contributed by atoms with Crippen molar-refractivity contribution in [3.63, 3.8) is 0 Å². The first kappa shape index (κ1) is 16.8. The molecule has 0 aromatic carbocycles. The van der Waals surface area contributed by atoms with E-state index >= 15 is 0 Å². The third-order valence-corrected chi connectivity index (χ3v) is 40.3. The molecule has 0 atom stereocenters. The van der Waals surface area contributed by atoms with Crippen molar-refractivity contribution in [2.24, 2.45) is 0 Å². The fourth-order valence-corrected chi connectivity index (χ4v) is 52.2. The van der Waals surface area contributed by atoms with Crippen LogP contribution in [0.3, 0.4) is 0 Å². The fraction of sp³-hybridized carbons (Fsp3) is 0.867. The normalized spacial score (nSPS) is 24.3. The molecule has 1 aliphatic rings. The van der Waals surface area contributed by atoms with Crippen LogP contribution < -0.4 is 0 Å². The van der Waals surface area contributed by atoms with E-state index in [0.717, 1.165) is 3.49 Å². The van der Waals surface area contributed by atoms with Crippen molar-refractivity contribution in [2.45, 2.75) is 79.8 Å². The van der Waals surface area contributed by atoms with Crippen LogP contribution in [0, 0.1) is 0 Å². The van der Waals surface area contributed by atoms with Gasteiger partial charge in [-0.15, -0.1) is 0 Å². The number of hydrogen-bond donors (Lipinski definition) is 0. The maximum atomic E-state index is 2.74. The molecule has 1 rings (SSSR count). The van der Waals surface area contributed by atoms with E-state index in [0.29, 0.717) is 0 Å². The first-order valence-corrected chi connectivity index (χ1v) is 21.1. The van der Waals surface area contributed by atoms with E-state index < -0.39 is 29.4 Å². The maximum absolute atomic E-state index is 2.74. The Balaban J connectivity index is 3.55. The number of rotatable bonds is 2. The predicted octanol–water partition coefficient (Wildman–Crippen LogP) is 5.93. The van der Waals surface area contributed by atoms with Gasteiger partial charge in [-0.2, -0.15) is 0 Å². The molecule has 1 aliphatic heterocycles. The molecule has 0 aromatic rings. The van der Waals surface area contributed by atoms with Gasteiger partial charge in [0.2, 0.25) is 0 Å². The molecule has 0 radical (unpaired) electrons. The quantitative estimate of drug-likeness (QED) is 0.431. The summed E-state index contributed by atoms with van der Waals surface area (Å²) in [5, 5.41) is 1.50. The molecule has 0 fully saturated rings. The van der Waals surface area contributed by atoms with Gasteiger partial charge in [-0.05, 0) is 0 Å². The molecule has 0 N–H and O–H groups in total. The standard InChI is InChI=1S/C15H34GeSi2/c1-13-11-15(17(5,6)7,18(8,9)10)16(3,4)12-14(13)2/h11-12H2,1-10H3. The topological polar surface area (TPSA) is 0 Å². The van der Waals surface area contributed by atoms with Gasteiger partial charge >= 0.3 is 120 Å². The summed E-state index contributed by atoms with van der Waals surface area (Å²) in [6.07, 6.45) is 1.46. The molecule has 18 heavy (non-hydrogen) atoms. The van der Waals surface area contributed by atoms with E-state index in [1.807, 2.05) is 0 Å². The van der Waals surface area contributed by atoms with Gasteiger partial charge < -0.3 is 0 Å². The summed E-state index contributed by atoms with van der Waals surface area (Å²) in [5.74, 6) is 5.48. The average Bonchev–Trinajstić information content (AvgIpc) is 2.05. The van der Waals surface area contributed by atoms with Crippen LogP contribution in [0.25, 0.3) is 0 Å². The van der Waals surface area contributed by atoms with Gasteiger partial charge in [0.25, 0.3) is 0 Å². The molecule has 0 saturated carbocycles. The Bertz CT molecular complexity index is 353. The molecular formula is C15H34GeSi2. The van der Waals surface area contributed by atoms with Crippen molar-refractivity contribution < 1.29 is 0 Å². The van der Waals surface area contributed by atoms with Crippen LogP contribution in [0.5, 0.6) is 0 Å². The van der Waals surface area contributed by atoms with Gasteiger partial charge in [-0.3, -0.25) is 0 Å². The first-order valence-electron chi connectivity index (χ1n) is 7.41. The molecule has 0 spiro atoms. The molecule has 1 heterocycles. The van der Waals surface area contributed by atoms with Crippen LogP contribution >= 0.6 is 0 Å².